The van der Waals surface area contributed by atoms with Gasteiger partial charge in [-0.1, -0.05) is 0 Å². The molecule has 2 atom stereocenters. The van der Waals surface area contributed by atoms with Gasteiger partial charge in [-0.25, -0.2) is 0 Å². The van der Waals surface area contributed by atoms with Crippen LogP contribution in [-0.2, 0) is 11.8 Å². The van der Waals surface area contributed by atoms with Crippen molar-refractivity contribution in [2.24, 2.45) is 7.05 Å². The summed E-state index contributed by atoms with van der Waals surface area (Å²) in [6, 6.07) is 0. The summed E-state index contributed by atoms with van der Waals surface area (Å²) in [5.41, 5.74) is 0.589. The highest BCUT2D eigenvalue weighted by molar-refractivity contribution is 9.10. The van der Waals surface area contributed by atoms with Gasteiger partial charge in [0, 0.05) is 20.1 Å². The van der Waals surface area contributed by atoms with Crippen molar-refractivity contribution in [3.05, 3.63) is 16.4 Å². The Morgan fingerprint density at radius 3 is 2.53 bits per heavy atom. The molecule has 0 bridgehead atoms. The molecule has 5 nitrogen and oxygen atoms in total. The molecule has 1 aliphatic heterocycles. The Labute approximate surface area is 109 Å². The van der Waals surface area contributed by atoms with Crippen molar-refractivity contribution in [1.29, 1.82) is 0 Å². The van der Waals surface area contributed by atoms with Crippen molar-refractivity contribution in [2.75, 3.05) is 13.1 Å². The van der Waals surface area contributed by atoms with Gasteiger partial charge in [0.15, 0.2) is 0 Å². The van der Waals surface area contributed by atoms with Gasteiger partial charge in [-0.2, -0.15) is 5.10 Å². The minimum Gasteiger partial charge on any atom is -0.372 e. The first-order chi connectivity index (χ1) is 7.99. The Bertz CT molecular complexity index is 403. The van der Waals surface area contributed by atoms with Crippen LogP contribution in [0.3, 0.4) is 0 Å². The highest BCUT2D eigenvalue weighted by Gasteiger charge is 2.29. The lowest BCUT2D eigenvalue weighted by molar-refractivity contribution is -0.0588. The SMILES string of the molecule is C[C@@H]1CN(C(=O)c2c(Br)cnn2C)C[C@@H](C)O1. The van der Waals surface area contributed by atoms with E-state index in [-0.39, 0.29) is 18.1 Å². The normalized spacial score (nSPS) is 25.1. The van der Waals surface area contributed by atoms with Crippen LogP contribution in [0.15, 0.2) is 10.7 Å². The van der Waals surface area contributed by atoms with E-state index in [1.807, 2.05) is 18.7 Å². The smallest absolute Gasteiger partial charge is 0.273 e. The molecule has 0 N–H and O–H groups in total. The average Bonchev–Trinajstić information content (AvgIpc) is 2.56. The number of aromatic nitrogens is 2. The van der Waals surface area contributed by atoms with E-state index in [1.165, 1.54) is 0 Å². The Balaban J connectivity index is 2.20. The first-order valence-corrected chi connectivity index (χ1v) is 6.40. The fraction of sp³-hybridized carbons (Fsp3) is 0.636. The second-order valence-corrected chi connectivity index (χ2v) is 5.29. The van der Waals surface area contributed by atoms with Crippen LogP contribution in [0.4, 0.5) is 0 Å². The van der Waals surface area contributed by atoms with Crippen molar-refractivity contribution in [3.8, 4) is 0 Å². The quantitative estimate of drug-likeness (QED) is 0.788. The molecule has 0 radical (unpaired) electrons. The van der Waals surface area contributed by atoms with Gasteiger partial charge in [-0.3, -0.25) is 9.48 Å². The molecule has 2 rings (SSSR count). The van der Waals surface area contributed by atoms with Crippen LogP contribution in [0.2, 0.25) is 0 Å². The second kappa shape index (κ2) is 4.78. The average molecular weight is 302 g/mol. The molecule has 17 heavy (non-hydrogen) atoms. The summed E-state index contributed by atoms with van der Waals surface area (Å²) in [4.78, 5) is 14.2. The summed E-state index contributed by atoms with van der Waals surface area (Å²) < 4.78 is 7.94. The zero-order valence-corrected chi connectivity index (χ0v) is 11.8. The number of halogens is 1. The van der Waals surface area contributed by atoms with Gasteiger partial charge in [0.1, 0.15) is 5.69 Å². The standard InChI is InChI=1S/C11H16BrN3O2/c1-7-5-15(6-8(2)17-7)11(16)10-9(12)4-13-14(10)3/h4,7-8H,5-6H2,1-3H3/t7-,8-/m1/s1. The van der Waals surface area contributed by atoms with Crippen LogP contribution in [0, 0.1) is 0 Å². The highest BCUT2D eigenvalue weighted by Crippen LogP contribution is 2.19. The second-order valence-electron chi connectivity index (χ2n) is 4.43. The molecule has 0 aliphatic carbocycles. The molecule has 0 saturated carbocycles. The van der Waals surface area contributed by atoms with E-state index < -0.39 is 0 Å². The number of carbonyl (C=O) groups excluding carboxylic acids is 1. The fourth-order valence-corrected chi connectivity index (χ4v) is 2.66. The lowest BCUT2D eigenvalue weighted by Gasteiger charge is -2.35. The van der Waals surface area contributed by atoms with E-state index in [2.05, 4.69) is 21.0 Å². The minimum absolute atomic E-state index is 0.00104. The molecule has 94 valence electrons. The zero-order chi connectivity index (χ0) is 12.6. The van der Waals surface area contributed by atoms with Gasteiger partial charge < -0.3 is 9.64 Å². The van der Waals surface area contributed by atoms with Crippen molar-refractivity contribution in [2.45, 2.75) is 26.1 Å². The maximum absolute atomic E-state index is 12.4. The first kappa shape index (κ1) is 12.6. The molecule has 1 aromatic rings. The molecule has 1 aliphatic rings. The zero-order valence-electron chi connectivity index (χ0n) is 10.2. The van der Waals surface area contributed by atoms with Crippen molar-refractivity contribution in [1.82, 2.24) is 14.7 Å². The van der Waals surface area contributed by atoms with E-state index in [9.17, 15) is 4.79 Å². The predicted octanol–water partition coefficient (Wildman–Crippen LogP) is 1.43. The number of amides is 1. The lowest BCUT2D eigenvalue weighted by atomic mass is 10.2. The molecule has 1 amide bonds. The van der Waals surface area contributed by atoms with Gasteiger partial charge in [0.2, 0.25) is 0 Å². The molecule has 1 saturated heterocycles. The minimum atomic E-state index is -0.00104. The van der Waals surface area contributed by atoms with Crippen molar-refractivity contribution >= 4 is 21.8 Å². The molecule has 1 fully saturated rings. The molecular weight excluding hydrogens is 286 g/mol. The maximum atomic E-state index is 12.4. The number of aryl methyl sites for hydroxylation is 1. The Hall–Kier alpha value is -0.880. The van der Waals surface area contributed by atoms with Crippen LogP contribution < -0.4 is 0 Å². The summed E-state index contributed by atoms with van der Waals surface area (Å²) in [7, 11) is 1.77. The van der Waals surface area contributed by atoms with E-state index >= 15 is 0 Å². The molecule has 2 heterocycles. The number of morpholine rings is 1. The number of ether oxygens (including phenoxy) is 1. The largest absolute Gasteiger partial charge is 0.372 e. The van der Waals surface area contributed by atoms with Crippen LogP contribution >= 0.6 is 15.9 Å². The summed E-state index contributed by atoms with van der Waals surface area (Å²) in [5.74, 6) is -0.00104. The lowest BCUT2D eigenvalue weighted by Crippen LogP contribution is -2.48. The molecule has 1 aromatic heterocycles. The van der Waals surface area contributed by atoms with Crippen LogP contribution in [0.5, 0.6) is 0 Å². The Kier molecular flexibility index (Phi) is 3.53. The van der Waals surface area contributed by atoms with E-state index in [0.717, 1.165) is 4.47 Å². The van der Waals surface area contributed by atoms with Gasteiger partial charge in [0.25, 0.3) is 5.91 Å². The van der Waals surface area contributed by atoms with Crippen LogP contribution in [0.25, 0.3) is 0 Å². The number of carbonyl (C=O) groups is 1. The molecule has 0 unspecified atom stereocenters. The molecule has 0 spiro atoms. The molecule has 0 aromatic carbocycles. The molecule has 6 heteroatoms. The van der Waals surface area contributed by atoms with Crippen molar-refractivity contribution in [3.63, 3.8) is 0 Å². The highest BCUT2D eigenvalue weighted by atomic mass is 79.9. The third-order valence-electron chi connectivity index (χ3n) is 2.80. The number of hydrogen-bond acceptors (Lipinski definition) is 3. The Morgan fingerprint density at radius 2 is 2.06 bits per heavy atom. The third kappa shape index (κ3) is 2.52. The topological polar surface area (TPSA) is 47.4 Å². The summed E-state index contributed by atoms with van der Waals surface area (Å²) >= 11 is 3.35. The summed E-state index contributed by atoms with van der Waals surface area (Å²) in [5, 5.41) is 4.06. The van der Waals surface area contributed by atoms with Crippen LogP contribution in [-0.4, -0.2) is 45.9 Å². The summed E-state index contributed by atoms with van der Waals surface area (Å²) in [6.07, 6.45) is 1.80. The van der Waals surface area contributed by atoms with Crippen LogP contribution in [0.1, 0.15) is 24.3 Å². The Morgan fingerprint density at radius 1 is 1.47 bits per heavy atom. The predicted molar refractivity (Wildman–Crippen MR) is 66.8 cm³/mol. The van der Waals surface area contributed by atoms with Gasteiger partial charge >= 0.3 is 0 Å². The first-order valence-electron chi connectivity index (χ1n) is 5.61. The molecular formula is C11H16BrN3O2. The number of nitrogens with zero attached hydrogens (tertiary/aromatic N) is 3. The fourth-order valence-electron chi connectivity index (χ4n) is 2.14. The number of rotatable bonds is 1. The maximum Gasteiger partial charge on any atom is 0.273 e. The van der Waals surface area contributed by atoms with E-state index in [1.54, 1.807) is 17.9 Å². The van der Waals surface area contributed by atoms with Crippen molar-refractivity contribution < 1.29 is 9.53 Å². The van der Waals surface area contributed by atoms with Gasteiger partial charge in [-0.05, 0) is 29.8 Å². The summed E-state index contributed by atoms with van der Waals surface area (Å²) in [6.45, 7) is 5.21. The third-order valence-corrected chi connectivity index (χ3v) is 3.38. The van der Waals surface area contributed by atoms with E-state index in [0.29, 0.717) is 18.8 Å². The number of hydrogen-bond donors (Lipinski definition) is 0. The van der Waals surface area contributed by atoms with Gasteiger partial charge in [0.05, 0.1) is 22.9 Å². The van der Waals surface area contributed by atoms with Gasteiger partial charge in [-0.15, -0.1) is 0 Å². The monoisotopic (exact) mass is 301 g/mol. The van der Waals surface area contributed by atoms with E-state index in [4.69, 9.17) is 4.74 Å².